The van der Waals surface area contributed by atoms with E-state index in [1.54, 1.807) is 14.2 Å². The first kappa shape index (κ1) is 26.6. The fraction of sp³-hybridized carbons (Fsp3) is 0.531. The Bertz CT molecular complexity index is 1200. The number of para-hydroxylation sites is 1. The van der Waals surface area contributed by atoms with Crippen LogP contribution in [0.2, 0.25) is 0 Å². The van der Waals surface area contributed by atoms with E-state index in [0.29, 0.717) is 12.3 Å². The second kappa shape index (κ2) is 12.2. The van der Waals surface area contributed by atoms with Crippen molar-refractivity contribution in [2.75, 3.05) is 14.2 Å². The molecule has 1 aromatic heterocycles. The molecule has 2 aromatic carbocycles. The number of carbonyl (C=O) groups is 1. The van der Waals surface area contributed by atoms with E-state index in [9.17, 15) is 4.79 Å². The molecule has 3 aromatic rings. The van der Waals surface area contributed by atoms with Crippen LogP contribution in [0.4, 0.5) is 0 Å². The number of nitrogens with one attached hydrogen (secondary N) is 1. The molecule has 2 saturated carbocycles. The second-order valence-electron chi connectivity index (χ2n) is 11.3. The number of carbonyl (C=O) groups excluding carboxylic acids is 1. The first-order chi connectivity index (χ1) is 18.5. The Balaban J connectivity index is 1.50. The molecule has 0 bridgehead atoms. The number of aromatic nitrogens is 1. The molecule has 0 saturated heterocycles. The summed E-state index contributed by atoms with van der Waals surface area (Å²) >= 11 is 0. The molecule has 1 heterocycles. The molecule has 2 fully saturated rings. The summed E-state index contributed by atoms with van der Waals surface area (Å²) in [7, 11) is 3.34. The van der Waals surface area contributed by atoms with Crippen LogP contribution in [0.5, 0.6) is 11.5 Å². The lowest BCUT2D eigenvalue weighted by Gasteiger charge is -2.27. The lowest BCUT2D eigenvalue weighted by Crippen LogP contribution is -2.40. The van der Waals surface area contributed by atoms with Gasteiger partial charge in [0.25, 0.3) is 0 Å². The third-order valence-corrected chi connectivity index (χ3v) is 8.68. The number of benzene rings is 2. The molecule has 0 spiro atoms. The summed E-state index contributed by atoms with van der Waals surface area (Å²) in [5.41, 5.74) is 9.56. The monoisotopic (exact) mass is 517 g/mol. The van der Waals surface area contributed by atoms with Gasteiger partial charge in [-0.1, -0.05) is 37.5 Å². The minimum absolute atomic E-state index is 0.0846. The molecule has 1 atom stereocenters. The molecule has 3 N–H and O–H groups in total. The van der Waals surface area contributed by atoms with Gasteiger partial charge in [0.2, 0.25) is 5.91 Å². The molecule has 6 nitrogen and oxygen atoms in total. The van der Waals surface area contributed by atoms with Crippen LogP contribution in [-0.4, -0.2) is 36.8 Å². The Morgan fingerprint density at radius 2 is 1.66 bits per heavy atom. The second-order valence-corrected chi connectivity index (χ2v) is 11.3. The summed E-state index contributed by atoms with van der Waals surface area (Å²) in [5.74, 6) is 2.14. The van der Waals surface area contributed by atoms with Crippen LogP contribution in [0.3, 0.4) is 0 Å². The smallest absolute Gasteiger partial charge is 0.221 e. The van der Waals surface area contributed by atoms with Gasteiger partial charge in [0.05, 0.1) is 14.2 Å². The number of amides is 1. The van der Waals surface area contributed by atoms with Gasteiger partial charge in [-0.05, 0) is 73.8 Å². The zero-order valence-corrected chi connectivity index (χ0v) is 23.0. The summed E-state index contributed by atoms with van der Waals surface area (Å²) in [6.07, 6.45) is 13.1. The maximum Gasteiger partial charge on any atom is 0.221 e. The average molecular weight is 518 g/mol. The number of nitrogens with two attached hydrogens (primary N) is 1. The third-order valence-electron chi connectivity index (χ3n) is 8.68. The number of fused-ring (bicyclic) bond motifs is 1. The summed E-state index contributed by atoms with van der Waals surface area (Å²) in [6, 6.07) is 15.1. The highest BCUT2D eigenvalue weighted by molar-refractivity contribution is 5.87. The Morgan fingerprint density at radius 1 is 0.974 bits per heavy atom. The Morgan fingerprint density at radius 3 is 2.34 bits per heavy atom. The predicted molar refractivity (Wildman–Crippen MR) is 153 cm³/mol. The van der Waals surface area contributed by atoms with Crippen LogP contribution >= 0.6 is 0 Å². The Hall–Kier alpha value is -2.99. The van der Waals surface area contributed by atoms with E-state index in [2.05, 4.69) is 40.3 Å². The lowest BCUT2D eigenvalue weighted by molar-refractivity contribution is -0.122. The van der Waals surface area contributed by atoms with Gasteiger partial charge >= 0.3 is 0 Å². The highest BCUT2D eigenvalue weighted by Gasteiger charge is 2.27. The highest BCUT2D eigenvalue weighted by Crippen LogP contribution is 2.39. The molecule has 1 unspecified atom stereocenters. The highest BCUT2D eigenvalue weighted by atomic mass is 16.5. The van der Waals surface area contributed by atoms with Crippen molar-refractivity contribution >= 4 is 16.8 Å². The van der Waals surface area contributed by atoms with Crippen molar-refractivity contribution in [3.63, 3.8) is 0 Å². The zero-order chi connectivity index (χ0) is 26.5. The largest absolute Gasteiger partial charge is 0.497 e. The predicted octanol–water partition coefficient (Wildman–Crippen LogP) is 6.15. The van der Waals surface area contributed by atoms with E-state index in [1.165, 1.54) is 48.6 Å². The molecule has 38 heavy (non-hydrogen) atoms. The van der Waals surface area contributed by atoms with Crippen molar-refractivity contribution in [1.82, 2.24) is 9.88 Å². The number of rotatable bonds is 9. The SMILES string of the molecule is COc1cc(OC)cc(C(CC(=O)NC2CCC(N)CC2)c2cn(CC3CCCCC3)c3ccccc23)c1. The molecule has 5 rings (SSSR count). The van der Waals surface area contributed by atoms with Gasteiger partial charge < -0.3 is 25.1 Å². The first-order valence-corrected chi connectivity index (χ1v) is 14.4. The maximum absolute atomic E-state index is 13.5. The molecule has 0 radical (unpaired) electrons. The van der Waals surface area contributed by atoms with Gasteiger partial charge in [-0.2, -0.15) is 0 Å². The normalized spacial score (nSPS) is 21.2. The standard InChI is InChI=1S/C32H43N3O3/c1-37-26-16-23(17-27(18-26)38-2)29(19-32(36)34-25-14-12-24(33)13-15-25)30-21-35(20-22-8-4-3-5-9-22)31-11-7-6-10-28(30)31/h6-7,10-11,16-18,21-22,24-25,29H,3-5,8-9,12-15,19-20,33H2,1-2H3,(H,34,36). The Labute approximate surface area is 226 Å². The number of hydrogen-bond donors (Lipinski definition) is 2. The molecule has 0 aliphatic heterocycles. The van der Waals surface area contributed by atoms with Crippen molar-refractivity contribution < 1.29 is 14.3 Å². The fourth-order valence-electron chi connectivity index (χ4n) is 6.53. The summed E-state index contributed by atoms with van der Waals surface area (Å²) in [4.78, 5) is 13.5. The molecular weight excluding hydrogens is 474 g/mol. The van der Waals surface area contributed by atoms with E-state index < -0.39 is 0 Å². The van der Waals surface area contributed by atoms with Gasteiger partial charge in [-0.3, -0.25) is 4.79 Å². The number of ether oxygens (including phenoxy) is 2. The number of hydrogen-bond acceptors (Lipinski definition) is 4. The van der Waals surface area contributed by atoms with Crippen LogP contribution < -0.4 is 20.5 Å². The third kappa shape index (κ3) is 6.17. The van der Waals surface area contributed by atoms with Crippen LogP contribution in [0.25, 0.3) is 10.9 Å². The lowest BCUT2D eigenvalue weighted by atomic mass is 9.87. The van der Waals surface area contributed by atoms with E-state index >= 15 is 0 Å². The molecule has 2 aliphatic carbocycles. The van der Waals surface area contributed by atoms with Crippen LogP contribution in [0, 0.1) is 5.92 Å². The van der Waals surface area contributed by atoms with Crippen molar-refractivity contribution in [2.24, 2.45) is 11.7 Å². The number of nitrogens with zero attached hydrogens (tertiary/aromatic N) is 1. The number of methoxy groups -OCH3 is 2. The van der Waals surface area contributed by atoms with Crippen LogP contribution in [0.15, 0.2) is 48.7 Å². The van der Waals surface area contributed by atoms with Gasteiger partial charge in [0.15, 0.2) is 0 Å². The van der Waals surface area contributed by atoms with Gasteiger partial charge in [0.1, 0.15) is 11.5 Å². The van der Waals surface area contributed by atoms with Gasteiger partial charge in [0, 0.05) is 54.1 Å². The molecule has 2 aliphatic rings. The van der Waals surface area contributed by atoms with Crippen LogP contribution in [0.1, 0.15) is 81.3 Å². The molecule has 1 amide bonds. The van der Waals surface area contributed by atoms with Gasteiger partial charge in [-0.25, -0.2) is 0 Å². The Kier molecular flexibility index (Phi) is 8.58. The fourth-order valence-corrected chi connectivity index (χ4v) is 6.53. The molecular formula is C32H43N3O3. The van der Waals surface area contributed by atoms with E-state index in [1.807, 2.05) is 18.2 Å². The summed E-state index contributed by atoms with van der Waals surface area (Å²) in [6.45, 7) is 1.03. The minimum Gasteiger partial charge on any atom is -0.497 e. The van der Waals surface area contributed by atoms with E-state index in [4.69, 9.17) is 15.2 Å². The summed E-state index contributed by atoms with van der Waals surface area (Å²) in [5, 5.41) is 4.54. The van der Waals surface area contributed by atoms with Crippen molar-refractivity contribution in [2.45, 2.75) is 88.8 Å². The van der Waals surface area contributed by atoms with Crippen molar-refractivity contribution in [1.29, 1.82) is 0 Å². The average Bonchev–Trinajstić information content (AvgIpc) is 3.31. The first-order valence-electron chi connectivity index (χ1n) is 14.4. The molecule has 204 valence electrons. The maximum atomic E-state index is 13.5. The molecule has 6 heteroatoms. The van der Waals surface area contributed by atoms with Crippen LogP contribution in [-0.2, 0) is 11.3 Å². The summed E-state index contributed by atoms with van der Waals surface area (Å²) < 4.78 is 13.7. The van der Waals surface area contributed by atoms with Crippen molar-refractivity contribution in [3.8, 4) is 11.5 Å². The van der Waals surface area contributed by atoms with E-state index in [0.717, 1.165) is 49.3 Å². The minimum atomic E-state index is -0.123. The van der Waals surface area contributed by atoms with E-state index in [-0.39, 0.29) is 23.9 Å². The zero-order valence-electron chi connectivity index (χ0n) is 23.0. The van der Waals surface area contributed by atoms with Gasteiger partial charge in [-0.15, -0.1) is 0 Å². The van der Waals surface area contributed by atoms with Crippen molar-refractivity contribution in [3.05, 3.63) is 59.8 Å². The topological polar surface area (TPSA) is 78.5 Å². The quantitative estimate of drug-likeness (QED) is 0.357.